The highest BCUT2D eigenvalue weighted by molar-refractivity contribution is 6.74. The molecule has 0 N–H and O–H groups in total. The molecule has 5 nitrogen and oxygen atoms in total. The fourth-order valence-corrected chi connectivity index (χ4v) is 3.89. The third kappa shape index (κ3) is 4.43. The Bertz CT molecular complexity index is 688. The Balaban J connectivity index is 2.23. The molecule has 0 radical (unpaired) electrons. The zero-order valence-electron chi connectivity index (χ0n) is 16.4. The van der Waals surface area contributed by atoms with Crippen LogP contribution in [0.2, 0.25) is 18.1 Å². The first kappa shape index (κ1) is 20.4. The topological polar surface area (TPSA) is 61.8 Å². The van der Waals surface area contributed by atoms with Crippen LogP contribution >= 0.6 is 0 Å². The summed E-state index contributed by atoms with van der Waals surface area (Å²) < 4.78 is 17.0. The minimum Gasteiger partial charge on any atom is -0.466 e. The summed E-state index contributed by atoms with van der Waals surface area (Å²) in [6, 6.07) is 8.73. The number of carbonyl (C=O) groups excluding carboxylic acids is 2. The lowest BCUT2D eigenvalue weighted by molar-refractivity contribution is -0.137. The highest BCUT2D eigenvalue weighted by atomic mass is 28.4. The summed E-state index contributed by atoms with van der Waals surface area (Å²) in [6.45, 7) is 10.7. The fourth-order valence-electron chi connectivity index (χ4n) is 2.56. The van der Waals surface area contributed by atoms with E-state index in [-0.39, 0.29) is 11.1 Å². The molecule has 6 heteroatoms. The van der Waals surface area contributed by atoms with Crippen molar-refractivity contribution in [2.24, 2.45) is 0 Å². The average Bonchev–Trinajstić information content (AvgIpc) is 2.95. The predicted molar refractivity (Wildman–Crippen MR) is 102 cm³/mol. The summed E-state index contributed by atoms with van der Waals surface area (Å²) in [7, 11) is -0.773. The standard InChI is InChI=1S/C20H28O5Si/c1-20(2,3)26(5,6)25-16-13-12-15(19(22)23-4)17(16)24-18(21)14-10-8-7-9-11-14/h7-12,16-17H,13H2,1-6H3/t16?,17-/m1/s1. The van der Waals surface area contributed by atoms with Gasteiger partial charge in [0, 0.05) is 0 Å². The predicted octanol–water partition coefficient (Wildman–Crippen LogP) is 4.11. The van der Waals surface area contributed by atoms with Crippen LogP contribution in [-0.2, 0) is 18.7 Å². The van der Waals surface area contributed by atoms with Crippen LogP contribution in [0.4, 0.5) is 0 Å². The first-order valence-corrected chi connectivity index (χ1v) is 11.7. The number of esters is 2. The molecule has 0 fully saturated rings. The molecule has 0 saturated heterocycles. The maximum Gasteiger partial charge on any atom is 0.338 e. The maximum absolute atomic E-state index is 12.5. The van der Waals surface area contributed by atoms with Crippen molar-refractivity contribution in [3.05, 3.63) is 47.5 Å². The van der Waals surface area contributed by atoms with Gasteiger partial charge in [0.2, 0.25) is 0 Å². The van der Waals surface area contributed by atoms with E-state index >= 15 is 0 Å². The Hall–Kier alpha value is -1.92. The lowest BCUT2D eigenvalue weighted by atomic mass is 10.1. The molecule has 0 bridgehead atoms. The van der Waals surface area contributed by atoms with Gasteiger partial charge < -0.3 is 13.9 Å². The lowest BCUT2D eigenvalue weighted by Gasteiger charge is -2.39. The molecule has 1 unspecified atom stereocenters. The monoisotopic (exact) mass is 376 g/mol. The molecule has 0 heterocycles. The van der Waals surface area contributed by atoms with E-state index in [0.717, 1.165) is 0 Å². The fraction of sp³-hybridized carbons (Fsp3) is 0.500. The largest absolute Gasteiger partial charge is 0.466 e. The third-order valence-electron chi connectivity index (χ3n) is 5.13. The smallest absolute Gasteiger partial charge is 0.338 e. The first-order chi connectivity index (χ1) is 12.1. The van der Waals surface area contributed by atoms with E-state index in [0.29, 0.717) is 17.6 Å². The molecule has 1 aromatic rings. The van der Waals surface area contributed by atoms with Gasteiger partial charge in [-0.3, -0.25) is 0 Å². The molecular formula is C20H28O5Si. The van der Waals surface area contributed by atoms with Gasteiger partial charge in [-0.25, -0.2) is 9.59 Å². The zero-order chi connectivity index (χ0) is 19.5. The molecule has 0 spiro atoms. The second-order valence-electron chi connectivity index (χ2n) is 8.00. The molecule has 0 amide bonds. The lowest BCUT2D eigenvalue weighted by Crippen LogP contribution is -2.47. The summed E-state index contributed by atoms with van der Waals surface area (Å²) >= 11 is 0. The zero-order valence-corrected chi connectivity index (χ0v) is 17.4. The molecule has 0 aromatic heterocycles. The van der Waals surface area contributed by atoms with Crippen LogP contribution in [-0.4, -0.2) is 39.6 Å². The van der Waals surface area contributed by atoms with Gasteiger partial charge in [0.25, 0.3) is 0 Å². The summed E-state index contributed by atoms with van der Waals surface area (Å²) in [5.74, 6) is -0.965. The van der Waals surface area contributed by atoms with Crippen molar-refractivity contribution in [2.75, 3.05) is 7.11 Å². The van der Waals surface area contributed by atoms with Crippen molar-refractivity contribution < 1.29 is 23.5 Å². The Kier molecular flexibility index (Phi) is 6.08. The number of methoxy groups -OCH3 is 1. The molecule has 2 atom stereocenters. The van der Waals surface area contributed by atoms with E-state index in [1.54, 1.807) is 30.3 Å². The molecule has 1 aliphatic carbocycles. The van der Waals surface area contributed by atoms with Crippen LogP contribution in [0.25, 0.3) is 0 Å². The molecule has 0 aliphatic heterocycles. The highest BCUT2D eigenvalue weighted by Crippen LogP contribution is 2.40. The summed E-state index contributed by atoms with van der Waals surface area (Å²) in [5.41, 5.74) is 0.787. The van der Waals surface area contributed by atoms with E-state index in [1.807, 2.05) is 6.07 Å². The number of hydrogen-bond acceptors (Lipinski definition) is 5. The van der Waals surface area contributed by atoms with Crippen LogP contribution in [0, 0.1) is 0 Å². The number of carbonyl (C=O) groups is 2. The first-order valence-electron chi connectivity index (χ1n) is 8.79. The van der Waals surface area contributed by atoms with E-state index in [2.05, 4.69) is 33.9 Å². The van der Waals surface area contributed by atoms with E-state index < -0.39 is 26.4 Å². The minimum absolute atomic E-state index is 0.00894. The number of ether oxygens (including phenoxy) is 2. The van der Waals surface area contributed by atoms with Crippen LogP contribution in [0.1, 0.15) is 37.6 Å². The molecular weight excluding hydrogens is 348 g/mol. The summed E-state index contributed by atoms with van der Waals surface area (Å²) in [4.78, 5) is 24.6. The van der Waals surface area contributed by atoms with Gasteiger partial charge in [0.1, 0.15) is 0 Å². The number of benzene rings is 1. The van der Waals surface area contributed by atoms with Gasteiger partial charge in [-0.15, -0.1) is 0 Å². The SMILES string of the molecule is COC(=O)C1=CCC(O[Si](C)(C)C(C)(C)C)[C@@H]1OC(=O)c1ccccc1. The van der Waals surface area contributed by atoms with Crippen molar-refractivity contribution >= 4 is 20.3 Å². The minimum atomic E-state index is -2.09. The van der Waals surface area contributed by atoms with Crippen molar-refractivity contribution in [1.29, 1.82) is 0 Å². The second-order valence-corrected chi connectivity index (χ2v) is 12.8. The quantitative estimate of drug-likeness (QED) is 0.572. The molecule has 0 saturated carbocycles. The van der Waals surface area contributed by atoms with Crippen molar-refractivity contribution in [2.45, 2.75) is 57.5 Å². The van der Waals surface area contributed by atoms with Crippen LogP contribution < -0.4 is 0 Å². The molecule has 142 valence electrons. The molecule has 2 rings (SSSR count). The normalized spacial score (nSPS) is 20.5. The van der Waals surface area contributed by atoms with Gasteiger partial charge >= 0.3 is 11.9 Å². The van der Waals surface area contributed by atoms with E-state index in [4.69, 9.17) is 13.9 Å². The Morgan fingerprint density at radius 1 is 1.08 bits per heavy atom. The van der Waals surface area contributed by atoms with Gasteiger partial charge in [-0.2, -0.15) is 0 Å². The van der Waals surface area contributed by atoms with Crippen molar-refractivity contribution in [3.63, 3.8) is 0 Å². The van der Waals surface area contributed by atoms with Crippen molar-refractivity contribution in [3.8, 4) is 0 Å². The van der Waals surface area contributed by atoms with Gasteiger partial charge in [-0.05, 0) is 36.7 Å². The molecule has 1 aromatic carbocycles. The van der Waals surface area contributed by atoms with Crippen molar-refractivity contribution in [1.82, 2.24) is 0 Å². The Labute approximate surface area is 156 Å². The van der Waals surface area contributed by atoms with Gasteiger partial charge in [0.15, 0.2) is 14.4 Å². The Morgan fingerprint density at radius 2 is 1.69 bits per heavy atom. The number of rotatable bonds is 5. The third-order valence-corrected chi connectivity index (χ3v) is 9.64. The Morgan fingerprint density at radius 3 is 2.23 bits per heavy atom. The summed E-state index contributed by atoms with van der Waals surface area (Å²) in [5, 5.41) is 0.00894. The maximum atomic E-state index is 12.5. The van der Waals surface area contributed by atoms with Gasteiger partial charge in [0.05, 0.1) is 24.4 Å². The van der Waals surface area contributed by atoms with E-state index in [1.165, 1.54) is 7.11 Å². The van der Waals surface area contributed by atoms with Crippen LogP contribution in [0.3, 0.4) is 0 Å². The average molecular weight is 377 g/mol. The molecule has 26 heavy (non-hydrogen) atoms. The highest BCUT2D eigenvalue weighted by Gasteiger charge is 2.45. The van der Waals surface area contributed by atoms with Crippen LogP contribution in [0.15, 0.2) is 42.0 Å². The van der Waals surface area contributed by atoms with Gasteiger partial charge in [-0.1, -0.05) is 45.0 Å². The molecule has 1 aliphatic rings. The second kappa shape index (κ2) is 7.76. The summed E-state index contributed by atoms with van der Waals surface area (Å²) in [6.07, 6.45) is 1.14. The van der Waals surface area contributed by atoms with Crippen LogP contribution in [0.5, 0.6) is 0 Å². The number of hydrogen-bond donors (Lipinski definition) is 0. The van der Waals surface area contributed by atoms with E-state index in [9.17, 15) is 9.59 Å².